The molecule has 3 heteroatoms. The normalized spacial score (nSPS) is 41.2. The Hall–Kier alpha value is -0.930. The molecule has 0 heterocycles. The number of Topliss-reactive ketones (excluding diaryl/α,β-unsaturated/α-hetero) is 1. The van der Waals surface area contributed by atoms with Crippen LogP contribution in [0, 0.1) is 17.3 Å². The highest BCUT2D eigenvalue weighted by molar-refractivity contribution is 6.09. The van der Waals surface area contributed by atoms with Gasteiger partial charge in [-0.15, -0.1) is 0 Å². The van der Waals surface area contributed by atoms with Crippen LogP contribution >= 0.6 is 0 Å². The molecule has 1 spiro atoms. The van der Waals surface area contributed by atoms with E-state index in [1.165, 1.54) is 0 Å². The largest absolute Gasteiger partial charge is 0.395 e. The second kappa shape index (κ2) is 3.14. The van der Waals surface area contributed by atoms with Crippen LogP contribution in [0.15, 0.2) is 22.8 Å². The number of hydrogen-bond donors (Lipinski definition) is 2. The molecular formula is C15H19O3. The lowest BCUT2D eigenvalue weighted by atomic mass is 9.68. The van der Waals surface area contributed by atoms with E-state index in [1.807, 2.05) is 20.3 Å². The van der Waals surface area contributed by atoms with Crippen LogP contribution < -0.4 is 0 Å². The number of aliphatic hydroxyl groups excluding tert-OH is 1. The molecule has 0 aliphatic heterocycles. The van der Waals surface area contributed by atoms with Gasteiger partial charge in [0.15, 0.2) is 5.78 Å². The third-order valence-corrected chi connectivity index (χ3v) is 5.07. The highest BCUT2D eigenvalue weighted by atomic mass is 16.3. The zero-order valence-corrected chi connectivity index (χ0v) is 11.1. The fraction of sp³-hybridized carbons (Fsp3) is 0.600. The van der Waals surface area contributed by atoms with Gasteiger partial charge in [-0.1, -0.05) is 18.6 Å². The summed E-state index contributed by atoms with van der Waals surface area (Å²) in [5.74, 6) is -0.186. The van der Waals surface area contributed by atoms with Crippen LogP contribution in [0.25, 0.3) is 0 Å². The highest BCUT2D eigenvalue weighted by Gasteiger charge is 2.65. The minimum absolute atomic E-state index is 0.0182. The molecule has 18 heavy (non-hydrogen) atoms. The van der Waals surface area contributed by atoms with E-state index >= 15 is 0 Å². The van der Waals surface area contributed by atoms with Crippen molar-refractivity contribution in [3.8, 4) is 0 Å². The molecular weight excluding hydrogens is 228 g/mol. The quantitative estimate of drug-likeness (QED) is 0.739. The van der Waals surface area contributed by atoms with Crippen LogP contribution in [0.5, 0.6) is 0 Å². The summed E-state index contributed by atoms with van der Waals surface area (Å²) in [5.41, 5.74) is 0.523. The topological polar surface area (TPSA) is 57.5 Å². The summed E-state index contributed by atoms with van der Waals surface area (Å²) < 4.78 is 0. The van der Waals surface area contributed by atoms with Crippen LogP contribution in [-0.4, -0.2) is 28.2 Å². The number of hydrogen-bond acceptors (Lipinski definition) is 3. The Morgan fingerprint density at radius 2 is 1.94 bits per heavy atom. The van der Waals surface area contributed by atoms with Crippen molar-refractivity contribution in [3.63, 3.8) is 0 Å². The van der Waals surface area contributed by atoms with Crippen molar-refractivity contribution in [3.05, 3.63) is 29.2 Å². The van der Waals surface area contributed by atoms with E-state index in [2.05, 4.69) is 0 Å². The summed E-state index contributed by atoms with van der Waals surface area (Å²) in [5, 5.41) is 20.0. The van der Waals surface area contributed by atoms with E-state index in [4.69, 9.17) is 0 Å². The molecule has 3 aliphatic carbocycles. The molecule has 0 aromatic carbocycles. The van der Waals surface area contributed by atoms with Crippen molar-refractivity contribution in [1.82, 2.24) is 0 Å². The van der Waals surface area contributed by atoms with Crippen LogP contribution in [0.4, 0.5) is 0 Å². The average molecular weight is 247 g/mol. The fourth-order valence-electron chi connectivity index (χ4n) is 3.54. The van der Waals surface area contributed by atoms with Crippen molar-refractivity contribution in [2.24, 2.45) is 10.8 Å². The molecule has 0 bridgehead atoms. The minimum atomic E-state index is -1.29. The van der Waals surface area contributed by atoms with Crippen molar-refractivity contribution in [2.75, 3.05) is 6.61 Å². The maximum absolute atomic E-state index is 12.5. The first-order valence-electron chi connectivity index (χ1n) is 6.46. The van der Waals surface area contributed by atoms with Gasteiger partial charge in [0.1, 0.15) is 5.60 Å². The second-order valence-corrected chi connectivity index (χ2v) is 6.39. The van der Waals surface area contributed by atoms with Crippen molar-refractivity contribution < 1.29 is 15.0 Å². The van der Waals surface area contributed by atoms with E-state index in [-0.39, 0.29) is 17.8 Å². The smallest absolute Gasteiger partial charge is 0.194 e. The van der Waals surface area contributed by atoms with Crippen LogP contribution in [0.2, 0.25) is 0 Å². The Kier molecular flexibility index (Phi) is 2.12. The first-order valence-corrected chi connectivity index (χ1v) is 6.46. The zero-order valence-electron chi connectivity index (χ0n) is 11.1. The molecule has 97 valence electrons. The predicted octanol–water partition coefficient (Wildman–Crippen LogP) is 1.56. The monoisotopic (exact) mass is 247 g/mol. The average Bonchev–Trinajstić information content (AvgIpc) is 3.06. The Balaban J connectivity index is 2.20. The Morgan fingerprint density at radius 3 is 2.44 bits per heavy atom. The standard InChI is InChI=1S/C15H19O3/c1-9-10-6-13(2,8-16)7-11(10)12(17)14(3,18)15(9)4-5-15/h6-7,16,18H,4-5,8H2,1-3H3/t13?,14-/m0/s1. The molecule has 2 atom stereocenters. The number of carbonyl (C=O) groups is 1. The third-order valence-electron chi connectivity index (χ3n) is 5.07. The summed E-state index contributed by atoms with van der Waals surface area (Å²) in [6.45, 7) is 5.53. The van der Waals surface area contributed by atoms with Gasteiger partial charge in [-0.05, 0) is 32.3 Å². The van der Waals surface area contributed by atoms with Gasteiger partial charge in [0.2, 0.25) is 0 Å². The van der Waals surface area contributed by atoms with E-state index in [0.717, 1.165) is 24.0 Å². The maximum Gasteiger partial charge on any atom is 0.194 e. The Labute approximate surface area is 107 Å². The van der Waals surface area contributed by atoms with Gasteiger partial charge in [-0.2, -0.15) is 0 Å². The molecule has 3 rings (SSSR count). The molecule has 0 saturated heterocycles. The third kappa shape index (κ3) is 1.19. The zero-order chi connectivity index (χ0) is 13.3. The van der Waals surface area contributed by atoms with Crippen LogP contribution in [0.1, 0.15) is 33.6 Å². The number of aliphatic hydroxyl groups is 2. The predicted molar refractivity (Wildman–Crippen MR) is 67.6 cm³/mol. The number of carbonyl (C=O) groups excluding carboxylic acids is 1. The lowest BCUT2D eigenvalue weighted by Gasteiger charge is -2.38. The highest BCUT2D eigenvalue weighted by Crippen LogP contribution is 2.65. The lowest BCUT2D eigenvalue weighted by Crippen LogP contribution is -2.49. The van der Waals surface area contributed by atoms with Crippen molar-refractivity contribution in [2.45, 2.75) is 39.2 Å². The van der Waals surface area contributed by atoms with Gasteiger partial charge in [-0.25, -0.2) is 0 Å². The molecule has 1 unspecified atom stereocenters. The maximum atomic E-state index is 12.5. The molecule has 0 aromatic rings. The SMILES string of the molecule is CC1=C2[CH]C(C)(CO)C=C2C(=O)[C@](C)(O)C12CC2. The van der Waals surface area contributed by atoms with Gasteiger partial charge < -0.3 is 10.2 Å². The summed E-state index contributed by atoms with van der Waals surface area (Å²) in [4.78, 5) is 12.5. The van der Waals surface area contributed by atoms with Crippen LogP contribution in [-0.2, 0) is 4.79 Å². The molecule has 1 fully saturated rings. The van der Waals surface area contributed by atoms with E-state index < -0.39 is 11.0 Å². The van der Waals surface area contributed by atoms with Crippen molar-refractivity contribution >= 4 is 5.78 Å². The van der Waals surface area contributed by atoms with Gasteiger partial charge >= 0.3 is 0 Å². The number of allylic oxidation sites excluding steroid dienone is 1. The van der Waals surface area contributed by atoms with Gasteiger partial charge in [0.05, 0.1) is 6.61 Å². The van der Waals surface area contributed by atoms with E-state index in [0.29, 0.717) is 5.57 Å². The second-order valence-electron chi connectivity index (χ2n) is 6.39. The number of fused-ring (bicyclic) bond motifs is 1. The number of rotatable bonds is 1. The van der Waals surface area contributed by atoms with Gasteiger partial charge in [0.25, 0.3) is 0 Å². The molecule has 2 N–H and O–H groups in total. The van der Waals surface area contributed by atoms with E-state index in [1.54, 1.807) is 13.0 Å². The Bertz CT molecular complexity index is 506. The van der Waals surface area contributed by atoms with Gasteiger partial charge in [-0.3, -0.25) is 4.79 Å². The fourth-order valence-corrected chi connectivity index (χ4v) is 3.54. The molecule has 0 aromatic heterocycles. The molecule has 1 saturated carbocycles. The summed E-state index contributed by atoms with van der Waals surface area (Å²) in [7, 11) is 0. The Morgan fingerprint density at radius 1 is 1.33 bits per heavy atom. The molecule has 1 radical (unpaired) electrons. The number of ketones is 1. The molecule has 3 nitrogen and oxygen atoms in total. The first-order chi connectivity index (χ1) is 8.27. The lowest BCUT2D eigenvalue weighted by molar-refractivity contribution is -0.137. The summed E-state index contributed by atoms with van der Waals surface area (Å²) in [6.07, 6.45) is 5.53. The molecule has 3 aliphatic rings. The summed E-state index contributed by atoms with van der Waals surface area (Å²) in [6, 6.07) is 0. The summed E-state index contributed by atoms with van der Waals surface area (Å²) >= 11 is 0. The van der Waals surface area contributed by atoms with E-state index in [9.17, 15) is 15.0 Å². The molecule has 0 amide bonds. The van der Waals surface area contributed by atoms with Gasteiger partial charge in [0, 0.05) is 22.8 Å². The van der Waals surface area contributed by atoms with Crippen LogP contribution in [0.3, 0.4) is 0 Å². The minimum Gasteiger partial charge on any atom is -0.395 e. The first kappa shape index (κ1) is 12.1. The van der Waals surface area contributed by atoms with Crippen molar-refractivity contribution in [1.29, 1.82) is 0 Å².